The van der Waals surface area contributed by atoms with E-state index in [0.29, 0.717) is 0 Å². The maximum absolute atomic E-state index is 5.85. The van der Waals surface area contributed by atoms with Crippen molar-refractivity contribution >= 4 is 0 Å². The molecule has 0 saturated carbocycles. The van der Waals surface area contributed by atoms with Crippen LogP contribution in [0.2, 0.25) is 0 Å². The maximum atomic E-state index is 5.85. The third-order valence-electron chi connectivity index (χ3n) is 6.06. The van der Waals surface area contributed by atoms with Crippen LogP contribution >= 0.6 is 0 Å². The zero-order chi connectivity index (χ0) is 19.8. The predicted octanol–water partition coefficient (Wildman–Crippen LogP) is 6.64. The van der Waals surface area contributed by atoms with Crippen molar-refractivity contribution in [2.45, 2.75) is 78.6 Å². The lowest BCUT2D eigenvalue weighted by Crippen LogP contribution is -2.18. The number of unbranched alkanes of at least 4 members (excludes halogenated alkanes) is 3. The summed E-state index contributed by atoms with van der Waals surface area (Å²) in [5, 5.41) is 0. The topological polar surface area (TPSA) is 35.0 Å². The Labute approximate surface area is 171 Å². The zero-order valence-corrected chi connectivity index (χ0v) is 17.9. The number of hydrogen-bond acceptors (Lipinski definition) is 3. The van der Waals surface area contributed by atoms with E-state index in [-0.39, 0.29) is 0 Å². The SMILES string of the molecule is CCCCCCOc1ccc(-c2ncc3c(n2)CCC(CC(C)CC)C3)cc1. The van der Waals surface area contributed by atoms with Gasteiger partial charge in [0.25, 0.3) is 0 Å². The van der Waals surface area contributed by atoms with Crippen LogP contribution in [0.3, 0.4) is 0 Å². The molecule has 1 aliphatic rings. The molecule has 3 heteroatoms. The Hall–Kier alpha value is -1.90. The highest BCUT2D eigenvalue weighted by molar-refractivity contribution is 5.56. The number of hydrogen-bond donors (Lipinski definition) is 0. The van der Waals surface area contributed by atoms with Crippen LogP contribution in [-0.2, 0) is 12.8 Å². The van der Waals surface area contributed by atoms with Crippen molar-refractivity contribution in [2.24, 2.45) is 11.8 Å². The Bertz CT molecular complexity index is 726. The highest BCUT2D eigenvalue weighted by Crippen LogP contribution is 2.30. The van der Waals surface area contributed by atoms with Crippen LogP contribution in [0, 0.1) is 11.8 Å². The fourth-order valence-electron chi connectivity index (χ4n) is 4.08. The fourth-order valence-corrected chi connectivity index (χ4v) is 4.08. The third kappa shape index (κ3) is 5.80. The Kier molecular flexibility index (Phi) is 7.88. The summed E-state index contributed by atoms with van der Waals surface area (Å²) in [6.07, 6.45) is 13.1. The average Bonchev–Trinajstić information content (AvgIpc) is 2.73. The lowest BCUT2D eigenvalue weighted by Gasteiger charge is -2.26. The Balaban J connectivity index is 1.58. The van der Waals surface area contributed by atoms with Gasteiger partial charge in [-0.2, -0.15) is 0 Å². The van der Waals surface area contributed by atoms with E-state index in [0.717, 1.165) is 54.8 Å². The minimum absolute atomic E-state index is 0.797. The molecule has 2 aromatic rings. The largest absolute Gasteiger partial charge is 0.494 e. The van der Waals surface area contributed by atoms with E-state index in [4.69, 9.17) is 9.72 Å². The molecule has 0 amide bonds. The average molecular weight is 381 g/mol. The van der Waals surface area contributed by atoms with Gasteiger partial charge in [0.1, 0.15) is 5.75 Å². The molecule has 152 valence electrons. The predicted molar refractivity (Wildman–Crippen MR) is 117 cm³/mol. The number of nitrogens with zero attached hydrogens (tertiary/aromatic N) is 2. The number of ether oxygens (including phenoxy) is 1. The van der Waals surface area contributed by atoms with Crippen molar-refractivity contribution in [3.63, 3.8) is 0 Å². The van der Waals surface area contributed by atoms with Crippen LogP contribution in [-0.4, -0.2) is 16.6 Å². The highest BCUT2D eigenvalue weighted by atomic mass is 16.5. The van der Waals surface area contributed by atoms with Gasteiger partial charge < -0.3 is 4.74 Å². The fraction of sp³-hybridized carbons (Fsp3) is 0.600. The molecule has 3 rings (SSSR count). The lowest BCUT2D eigenvalue weighted by atomic mass is 9.81. The Morgan fingerprint density at radius 2 is 1.93 bits per heavy atom. The molecule has 1 aromatic carbocycles. The number of benzene rings is 1. The van der Waals surface area contributed by atoms with E-state index < -0.39 is 0 Å². The van der Waals surface area contributed by atoms with Crippen LogP contribution in [0.5, 0.6) is 5.75 Å². The van der Waals surface area contributed by atoms with E-state index in [1.807, 2.05) is 12.1 Å². The summed E-state index contributed by atoms with van der Waals surface area (Å²) < 4.78 is 5.85. The van der Waals surface area contributed by atoms with Gasteiger partial charge in [0.2, 0.25) is 0 Å². The first kappa shape index (κ1) is 20.8. The molecule has 28 heavy (non-hydrogen) atoms. The Morgan fingerprint density at radius 1 is 1.11 bits per heavy atom. The van der Waals surface area contributed by atoms with Crippen LogP contribution < -0.4 is 4.74 Å². The molecule has 0 bridgehead atoms. The van der Waals surface area contributed by atoms with E-state index >= 15 is 0 Å². The second kappa shape index (κ2) is 10.6. The zero-order valence-electron chi connectivity index (χ0n) is 17.9. The van der Waals surface area contributed by atoms with Crippen molar-refractivity contribution in [1.29, 1.82) is 0 Å². The van der Waals surface area contributed by atoms with Crippen molar-refractivity contribution in [3.05, 3.63) is 41.7 Å². The molecular weight excluding hydrogens is 344 g/mol. The molecule has 3 nitrogen and oxygen atoms in total. The smallest absolute Gasteiger partial charge is 0.159 e. The van der Waals surface area contributed by atoms with Gasteiger partial charge in [0.15, 0.2) is 5.82 Å². The summed E-state index contributed by atoms with van der Waals surface area (Å²) in [7, 11) is 0. The van der Waals surface area contributed by atoms with Gasteiger partial charge in [0, 0.05) is 17.5 Å². The van der Waals surface area contributed by atoms with Crippen LogP contribution in [0.4, 0.5) is 0 Å². The van der Waals surface area contributed by atoms with Gasteiger partial charge in [-0.15, -0.1) is 0 Å². The summed E-state index contributed by atoms with van der Waals surface area (Å²) in [5.41, 5.74) is 3.68. The highest BCUT2D eigenvalue weighted by Gasteiger charge is 2.22. The molecule has 0 N–H and O–H groups in total. The molecule has 0 radical (unpaired) electrons. The molecule has 0 spiro atoms. The molecule has 0 fully saturated rings. The lowest BCUT2D eigenvalue weighted by molar-refractivity contribution is 0.305. The minimum Gasteiger partial charge on any atom is -0.494 e. The molecule has 1 aliphatic carbocycles. The first-order chi connectivity index (χ1) is 13.7. The van der Waals surface area contributed by atoms with Crippen molar-refractivity contribution < 1.29 is 4.74 Å². The van der Waals surface area contributed by atoms with Crippen LogP contribution in [0.15, 0.2) is 30.5 Å². The molecule has 0 aliphatic heterocycles. The molecule has 2 unspecified atom stereocenters. The van der Waals surface area contributed by atoms with E-state index in [2.05, 4.69) is 44.1 Å². The van der Waals surface area contributed by atoms with E-state index in [1.54, 1.807) is 0 Å². The van der Waals surface area contributed by atoms with Crippen molar-refractivity contribution in [1.82, 2.24) is 9.97 Å². The van der Waals surface area contributed by atoms with Crippen LogP contribution in [0.25, 0.3) is 11.4 Å². The van der Waals surface area contributed by atoms with Crippen molar-refractivity contribution in [2.75, 3.05) is 6.61 Å². The number of aromatic nitrogens is 2. The minimum atomic E-state index is 0.797. The van der Waals surface area contributed by atoms with Gasteiger partial charge in [-0.3, -0.25) is 0 Å². The first-order valence-electron chi connectivity index (χ1n) is 11.3. The van der Waals surface area contributed by atoms with Gasteiger partial charge in [0.05, 0.1) is 6.61 Å². The van der Waals surface area contributed by atoms with Crippen molar-refractivity contribution in [3.8, 4) is 17.1 Å². The standard InChI is InChI=1S/C25H36N2O/c1-4-6-7-8-15-28-23-12-10-21(11-13-23)25-26-18-22-17-20(16-19(3)5-2)9-14-24(22)27-25/h10-13,18-20H,4-9,14-17H2,1-3H3. The normalized spacial score (nSPS) is 17.2. The summed E-state index contributed by atoms with van der Waals surface area (Å²) in [4.78, 5) is 9.56. The molecule has 1 aromatic heterocycles. The monoisotopic (exact) mass is 380 g/mol. The number of aryl methyl sites for hydroxylation is 1. The molecular formula is C25H36N2O. The van der Waals surface area contributed by atoms with Gasteiger partial charge in [-0.25, -0.2) is 9.97 Å². The van der Waals surface area contributed by atoms with Crippen LogP contribution in [0.1, 0.15) is 77.0 Å². The molecule has 1 heterocycles. The third-order valence-corrected chi connectivity index (χ3v) is 6.06. The first-order valence-corrected chi connectivity index (χ1v) is 11.3. The maximum Gasteiger partial charge on any atom is 0.159 e. The Morgan fingerprint density at radius 3 is 2.68 bits per heavy atom. The number of fused-ring (bicyclic) bond motifs is 1. The molecule has 2 atom stereocenters. The summed E-state index contributed by atoms with van der Waals surface area (Å²) in [6.45, 7) is 7.69. The number of rotatable bonds is 10. The van der Waals surface area contributed by atoms with Gasteiger partial charge in [-0.05, 0) is 73.8 Å². The quantitative estimate of drug-likeness (QED) is 0.433. The summed E-state index contributed by atoms with van der Waals surface area (Å²) in [6, 6.07) is 8.25. The van der Waals surface area contributed by atoms with E-state index in [9.17, 15) is 0 Å². The van der Waals surface area contributed by atoms with Gasteiger partial charge in [-0.1, -0.05) is 46.5 Å². The van der Waals surface area contributed by atoms with Gasteiger partial charge >= 0.3 is 0 Å². The summed E-state index contributed by atoms with van der Waals surface area (Å²) in [5.74, 6) is 3.39. The summed E-state index contributed by atoms with van der Waals surface area (Å²) >= 11 is 0. The molecule has 0 saturated heterocycles. The second-order valence-corrected chi connectivity index (χ2v) is 8.46. The van der Waals surface area contributed by atoms with E-state index in [1.165, 1.54) is 49.8 Å². The second-order valence-electron chi connectivity index (χ2n) is 8.46.